The van der Waals surface area contributed by atoms with Gasteiger partial charge in [-0.1, -0.05) is 30.3 Å². The first-order valence-corrected chi connectivity index (χ1v) is 8.38. The molecule has 120 valence electrons. The van der Waals surface area contributed by atoms with E-state index in [0.717, 1.165) is 38.7 Å². The van der Waals surface area contributed by atoms with Crippen LogP contribution in [0, 0.1) is 13.8 Å². The summed E-state index contributed by atoms with van der Waals surface area (Å²) in [6, 6.07) is 20.0. The highest BCUT2D eigenvalue weighted by atomic mass is 16.2. The van der Waals surface area contributed by atoms with Gasteiger partial charge in [-0.15, -0.1) is 0 Å². The van der Waals surface area contributed by atoms with Crippen LogP contribution in [0.1, 0.15) is 21.5 Å². The number of para-hydroxylation sites is 1. The van der Waals surface area contributed by atoms with Crippen molar-refractivity contribution in [3.8, 4) is 0 Å². The van der Waals surface area contributed by atoms with Gasteiger partial charge in [0.05, 0.1) is 22.3 Å². The summed E-state index contributed by atoms with van der Waals surface area (Å²) in [6.07, 6.45) is 0. The van der Waals surface area contributed by atoms with Gasteiger partial charge in [0.1, 0.15) is 0 Å². The normalized spacial score (nSPS) is 13.2. The lowest BCUT2D eigenvalue weighted by molar-refractivity contribution is 0.101. The number of rotatable bonds is 1. The molecule has 3 aromatic carbocycles. The Morgan fingerprint density at radius 1 is 0.840 bits per heavy atom. The number of benzene rings is 3. The Balaban J connectivity index is 1.86. The summed E-state index contributed by atoms with van der Waals surface area (Å²) in [6.45, 7) is 4.15. The van der Waals surface area contributed by atoms with E-state index in [-0.39, 0.29) is 5.91 Å². The van der Waals surface area contributed by atoms with Gasteiger partial charge >= 0.3 is 0 Å². The van der Waals surface area contributed by atoms with Crippen molar-refractivity contribution < 1.29 is 4.79 Å². The highest BCUT2D eigenvalue weighted by Gasteiger charge is 2.33. The number of pyridine rings is 1. The van der Waals surface area contributed by atoms with E-state index in [1.807, 2.05) is 53.4 Å². The van der Waals surface area contributed by atoms with Crippen LogP contribution in [-0.2, 0) is 0 Å². The number of hydrogen-bond donors (Lipinski definition) is 0. The van der Waals surface area contributed by atoms with E-state index in [0.29, 0.717) is 0 Å². The molecule has 0 N–H and O–H groups in total. The molecule has 1 aliphatic heterocycles. The van der Waals surface area contributed by atoms with Gasteiger partial charge in [-0.25, -0.2) is 4.98 Å². The minimum atomic E-state index is 0.0213. The molecule has 1 aromatic heterocycles. The third kappa shape index (κ3) is 1.86. The van der Waals surface area contributed by atoms with E-state index in [1.54, 1.807) is 0 Å². The summed E-state index contributed by atoms with van der Waals surface area (Å²) in [7, 11) is 0. The maximum atomic E-state index is 13.4. The highest BCUT2D eigenvalue weighted by molar-refractivity contribution is 6.32. The fraction of sp³-hybridized carbons (Fsp3) is 0.0909. The zero-order valence-electron chi connectivity index (χ0n) is 14.1. The monoisotopic (exact) mass is 324 g/mol. The second-order valence-electron chi connectivity index (χ2n) is 6.58. The van der Waals surface area contributed by atoms with Crippen molar-refractivity contribution in [3.63, 3.8) is 0 Å². The van der Waals surface area contributed by atoms with Crippen molar-refractivity contribution >= 4 is 39.1 Å². The first-order valence-electron chi connectivity index (χ1n) is 8.38. The summed E-state index contributed by atoms with van der Waals surface area (Å²) in [4.78, 5) is 20.0. The number of hydrogen-bond acceptors (Lipinski definition) is 2. The molecular formula is C22H16N2O. The largest absolute Gasteiger partial charge is 0.276 e. The third-order valence-electron chi connectivity index (χ3n) is 5.09. The molecule has 0 saturated carbocycles. The lowest BCUT2D eigenvalue weighted by atomic mass is 10.0. The van der Waals surface area contributed by atoms with E-state index in [4.69, 9.17) is 4.98 Å². The van der Waals surface area contributed by atoms with Gasteiger partial charge in [-0.2, -0.15) is 0 Å². The Morgan fingerprint density at radius 3 is 2.48 bits per heavy atom. The van der Waals surface area contributed by atoms with Crippen LogP contribution in [-0.4, -0.2) is 10.9 Å². The quantitative estimate of drug-likeness (QED) is 0.445. The fourth-order valence-electron chi connectivity index (χ4n) is 3.68. The molecule has 0 saturated heterocycles. The number of aromatic nitrogens is 1. The van der Waals surface area contributed by atoms with Crippen molar-refractivity contribution in [2.45, 2.75) is 13.8 Å². The lowest BCUT2D eigenvalue weighted by Crippen LogP contribution is -2.21. The molecular weight excluding hydrogens is 308 g/mol. The Kier molecular flexibility index (Phi) is 2.78. The molecule has 0 fully saturated rings. The fourth-order valence-corrected chi connectivity index (χ4v) is 3.68. The molecule has 1 aliphatic rings. The minimum Gasteiger partial charge on any atom is -0.276 e. The first-order chi connectivity index (χ1) is 12.1. The summed E-state index contributed by atoms with van der Waals surface area (Å²) in [5.41, 5.74) is 6.70. The minimum absolute atomic E-state index is 0.0213. The van der Waals surface area contributed by atoms with Crippen LogP contribution in [0.3, 0.4) is 0 Å². The molecule has 25 heavy (non-hydrogen) atoms. The molecule has 0 bridgehead atoms. The first kappa shape index (κ1) is 14.2. The molecule has 0 unspecified atom stereocenters. The highest BCUT2D eigenvalue weighted by Crippen LogP contribution is 2.43. The predicted octanol–water partition coefficient (Wildman–Crippen LogP) is 5.30. The van der Waals surface area contributed by atoms with Crippen molar-refractivity contribution in [2.75, 3.05) is 4.90 Å². The Bertz CT molecular complexity index is 1190. The average Bonchev–Trinajstić information content (AvgIpc) is 2.92. The van der Waals surface area contributed by atoms with E-state index in [1.165, 1.54) is 11.1 Å². The molecule has 3 heteroatoms. The zero-order valence-corrected chi connectivity index (χ0v) is 14.1. The van der Waals surface area contributed by atoms with Gasteiger partial charge < -0.3 is 0 Å². The van der Waals surface area contributed by atoms with Crippen molar-refractivity contribution in [3.05, 3.63) is 77.4 Å². The van der Waals surface area contributed by atoms with Crippen LogP contribution < -0.4 is 4.90 Å². The molecule has 0 aliphatic carbocycles. The van der Waals surface area contributed by atoms with Gasteiger partial charge in [-0.3, -0.25) is 9.69 Å². The number of carbonyl (C=O) groups excluding carboxylic acids is 1. The van der Waals surface area contributed by atoms with Gasteiger partial charge in [0.2, 0.25) is 0 Å². The molecule has 0 spiro atoms. The summed E-state index contributed by atoms with van der Waals surface area (Å²) >= 11 is 0. The van der Waals surface area contributed by atoms with Gasteiger partial charge in [-0.05, 0) is 55.3 Å². The number of carbonyl (C=O) groups is 1. The topological polar surface area (TPSA) is 33.2 Å². The van der Waals surface area contributed by atoms with Crippen LogP contribution in [0.4, 0.5) is 11.4 Å². The van der Waals surface area contributed by atoms with E-state index < -0.39 is 0 Å². The van der Waals surface area contributed by atoms with Gasteiger partial charge in [0.15, 0.2) is 0 Å². The summed E-state index contributed by atoms with van der Waals surface area (Å²) in [5.74, 6) is 0.0213. The molecule has 0 radical (unpaired) electrons. The molecule has 0 atom stereocenters. The Hall–Kier alpha value is -3.20. The number of fused-ring (bicyclic) bond motifs is 2. The average molecular weight is 324 g/mol. The standard InChI is InChI=1S/C22H16N2O/c1-13-10-11-15(12-14(13)2)24-19-9-5-8-18-21(19)20(22(24)25)16-6-3-4-7-17(16)23-18/h3-12H,1-2H3. The van der Waals surface area contributed by atoms with Crippen molar-refractivity contribution in [1.29, 1.82) is 0 Å². The van der Waals surface area contributed by atoms with Crippen LogP contribution >= 0.6 is 0 Å². The van der Waals surface area contributed by atoms with Crippen LogP contribution in [0.15, 0.2) is 60.7 Å². The SMILES string of the molecule is Cc1ccc(N2C(=O)c3c4ccccc4nc4cccc2c34)cc1C. The number of anilines is 2. The maximum absolute atomic E-state index is 13.4. The molecule has 2 heterocycles. The second kappa shape index (κ2) is 4.90. The summed E-state index contributed by atoms with van der Waals surface area (Å²) < 4.78 is 0. The van der Waals surface area contributed by atoms with Crippen LogP contribution in [0.25, 0.3) is 21.8 Å². The second-order valence-corrected chi connectivity index (χ2v) is 6.58. The van der Waals surface area contributed by atoms with Gasteiger partial charge in [0, 0.05) is 16.5 Å². The molecule has 3 nitrogen and oxygen atoms in total. The smallest absolute Gasteiger partial charge is 0.264 e. The van der Waals surface area contributed by atoms with E-state index >= 15 is 0 Å². The summed E-state index contributed by atoms with van der Waals surface area (Å²) in [5, 5.41) is 1.86. The molecule has 4 aromatic rings. The number of nitrogens with zero attached hydrogens (tertiary/aromatic N) is 2. The molecule has 1 amide bonds. The third-order valence-corrected chi connectivity index (χ3v) is 5.09. The molecule has 5 rings (SSSR count). The van der Waals surface area contributed by atoms with Crippen LogP contribution in [0.2, 0.25) is 0 Å². The van der Waals surface area contributed by atoms with Crippen LogP contribution in [0.5, 0.6) is 0 Å². The Morgan fingerprint density at radius 2 is 1.64 bits per heavy atom. The zero-order chi connectivity index (χ0) is 17.1. The van der Waals surface area contributed by atoms with Gasteiger partial charge in [0.25, 0.3) is 5.91 Å². The maximum Gasteiger partial charge on any atom is 0.264 e. The van der Waals surface area contributed by atoms with Crippen molar-refractivity contribution in [2.24, 2.45) is 0 Å². The van der Waals surface area contributed by atoms with E-state index in [9.17, 15) is 4.79 Å². The van der Waals surface area contributed by atoms with E-state index in [2.05, 4.69) is 26.0 Å². The predicted molar refractivity (Wildman–Crippen MR) is 102 cm³/mol. The lowest BCUT2D eigenvalue weighted by Gasteiger charge is -2.19. The number of aryl methyl sites for hydroxylation is 2. The Labute approximate surface area is 145 Å². The number of amides is 1. The van der Waals surface area contributed by atoms with Crippen molar-refractivity contribution in [1.82, 2.24) is 4.98 Å².